The fraction of sp³-hybridized carbons (Fsp3) is 0.304. The van der Waals surface area contributed by atoms with Crippen LogP contribution in [0.3, 0.4) is 0 Å². The summed E-state index contributed by atoms with van der Waals surface area (Å²) in [5, 5.41) is 6.47. The first kappa shape index (κ1) is 24.8. The lowest BCUT2D eigenvalue weighted by molar-refractivity contribution is 0.243. The first-order valence-corrected chi connectivity index (χ1v) is 12.6. The molecule has 1 aromatic heterocycles. The number of benzene rings is 2. The Hall–Kier alpha value is -2.88. The Labute approximate surface area is 199 Å². The Morgan fingerprint density at radius 1 is 1.12 bits per heavy atom. The Morgan fingerprint density at radius 3 is 2.58 bits per heavy atom. The molecule has 0 saturated carbocycles. The van der Waals surface area contributed by atoms with Crippen molar-refractivity contribution in [3.8, 4) is 5.75 Å². The fourth-order valence-corrected chi connectivity index (χ4v) is 4.30. The van der Waals surface area contributed by atoms with Crippen molar-refractivity contribution in [3.63, 3.8) is 0 Å². The molecule has 0 amide bonds. The third-order valence-corrected chi connectivity index (χ3v) is 6.75. The molecule has 0 saturated heterocycles. The smallest absolute Gasteiger partial charge is 0.229 e. The Balaban J connectivity index is 1.95. The molecular weight excluding hydrogens is 462 g/mol. The number of hydrogen-bond acceptors (Lipinski definition) is 8. The lowest BCUT2D eigenvalue weighted by Crippen LogP contribution is -2.10. The molecule has 0 unspecified atom stereocenters. The lowest BCUT2D eigenvalue weighted by atomic mass is 10.1. The molecule has 0 aliphatic heterocycles. The van der Waals surface area contributed by atoms with Gasteiger partial charge >= 0.3 is 0 Å². The number of aromatic nitrogens is 2. The van der Waals surface area contributed by atoms with E-state index < -0.39 is 9.84 Å². The van der Waals surface area contributed by atoms with Crippen molar-refractivity contribution >= 4 is 44.6 Å². The Kier molecular flexibility index (Phi) is 8.12. The predicted octanol–water partition coefficient (Wildman–Crippen LogP) is 4.70. The van der Waals surface area contributed by atoms with Crippen LogP contribution in [0.1, 0.15) is 26.3 Å². The van der Waals surface area contributed by atoms with E-state index in [1.165, 1.54) is 6.20 Å². The van der Waals surface area contributed by atoms with Gasteiger partial charge in [0.05, 0.1) is 34.3 Å². The third-order valence-electron chi connectivity index (χ3n) is 4.69. The summed E-state index contributed by atoms with van der Waals surface area (Å²) in [6.07, 6.45) is 2.14. The molecular formula is C23H28ClN5O3S. The highest BCUT2D eigenvalue weighted by Gasteiger charge is 2.18. The molecule has 0 aliphatic carbocycles. The summed E-state index contributed by atoms with van der Waals surface area (Å²) >= 11 is 6.31. The van der Waals surface area contributed by atoms with Crippen molar-refractivity contribution in [3.05, 3.63) is 59.2 Å². The van der Waals surface area contributed by atoms with Crippen molar-refractivity contribution in [2.24, 2.45) is 5.73 Å². The summed E-state index contributed by atoms with van der Waals surface area (Å²) in [4.78, 5) is 8.91. The molecule has 0 aliphatic rings. The van der Waals surface area contributed by atoms with E-state index in [2.05, 4.69) is 20.6 Å². The van der Waals surface area contributed by atoms with E-state index in [1.807, 2.05) is 32.0 Å². The standard InChI is InChI=1S/C23H28ClN5O3S/c1-4-33(30,31)21-8-6-5-7-18(21)27-22-17(24)14-26-23(29-22)28-19-13-16(11-12-25)9-10-20(19)32-15(2)3/h5-10,13-15H,4,11-12,25H2,1-3H3,(H2,26,27,28,29). The number of para-hydroxylation sites is 1. The van der Waals surface area contributed by atoms with Crippen molar-refractivity contribution in [2.45, 2.75) is 38.2 Å². The van der Waals surface area contributed by atoms with Crippen molar-refractivity contribution < 1.29 is 13.2 Å². The van der Waals surface area contributed by atoms with Gasteiger partial charge in [-0.05, 0) is 56.6 Å². The average molecular weight is 490 g/mol. The third kappa shape index (κ3) is 6.34. The maximum Gasteiger partial charge on any atom is 0.229 e. The second-order valence-electron chi connectivity index (χ2n) is 7.58. The summed E-state index contributed by atoms with van der Waals surface area (Å²) in [5.41, 5.74) is 7.83. The summed E-state index contributed by atoms with van der Waals surface area (Å²) in [5.74, 6) is 1.18. The number of nitrogens with two attached hydrogens (primary N) is 1. The van der Waals surface area contributed by atoms with E-state index in [4.69, 9.17) is 22.1 Å². The molecule has 0 bridgehead atoms. The van der Waals surface area contributed by atoms with Gasteiger partial charge in [-0.15, -0.1) is 0 Å². The fourth-order valence-electron chi connectivity index (χ4n) is 3.11. The van der Waals surface area contributed by atoms with Gasteiger partial charge in [0.15, 0.2) is 15.7 Å². The van der Waals surface area contributed by atoms with Crippen LogP contribution >= 0.6 is 11.6 Å². The van der Waals surface area contributed by atoms with Crippen molar-refractivity contribution in [1.29, 1.82) is 0 Å². The van der Waals surface area contributed by atoms with Crippen LogP contribution in [0.2, 0.25) is 5.02 Å². The summed E-state index contributed by atoms with van der Waals surface area (Å²) in [7, 11) is -3.44. The second-order valence-corrected chi connectivity index (χ2v) is 10.2. The maximum atomic E-state index is 12.5. The minimum atomic E-state index is -3.44. The first-order valence-electron chi connectivity index (χ1n) is 10.6. The molecule has 10 heteroatoms. The number of rotatable bonds is 10. The number of halogens is 1. The van der Waals surface area contributed by atoms with Crippen LogP contribution in [-0.4, -0.2) is 36.8 Å². The number of sulfone groups is 1. The monoisotopic (exact) mass is 489 g/mol. The topological polar surface area (TPSA) is 119 Å². The van der Waals surface area contributed by atoms with Gasteiger partial charge in [0.25, 0.3) is 0 Å². The molecule has 8 nitrogen and oxygen atoms in total. The summed E-state index contributed by atoms with van der Waals surface area (Å²) < 4.78 is 30.9. The van der Waals surface area contributed by atoms with Gasteiger partial charge < -0.3 is 21.1 Å². The van der Waals surface area contributed by atoms with E-state index in [-0.39, 0.29) is 33.5 Å². The highest BCUT2D eigenvalue weighted by Crippen LogP contribution is 2.32. The zero-order valence-electron chi connectivity index (χ0n) is 18.8. The van der Waals surface area contributed by atoms with Gasteiger partial charge in [0.2, 0.25) is 5.95 Å². The van der Waals surface area contributed by atoms with Gasteiger partial charge in [-0.2, -0.15) is 4.98 Å². The molecule has 4 N–H and O–H groups in total. The molecule has 0 atom stereocenters. The van der Waals surface area contributed by atoms with Crippen LogP contribution in [0, 0.1) is 0 Å². The zero-order chi connectivity index (χ0) is 24.0. The van der Waals surface area contributed by atoms with E-state index in [9.17, 15) is 8.42 Å². The number of anilines is 4. The van der Waals surface area contributed by atoms with E-state index in [0.717, 1.165) is 5.56 Å². The number of nitrogens with one attached hydrogen (secondary N) is 2. The Morgan fingerprint density at radius 2 is 1.88 bits per heavy atom. The Bertz CT molecular complexity index is 1220. The molecule has 2 aromatic carbocycles. The van der Waals surface area contributed by atoms with E-state index >= 15 is 0 Å². The van der Waals surface area contributed by atoms with Crippen molar-refractivity contribution in [1.82, 2.24) is 9.97 Å². The van der Waals surface area contributed by atoms with E-state index in [0.29, 0.717) is 30.1 Å². The minimum Gasteiger partial charge on any atom is -0.489 e. The molecule has 33 heavy (non-hydrogen) atoms. The van der Waals surface area contributed by atoms with Crippen LogP contribution in [0.15, 0.2) is 53.6 Å². The minimum absolute atomic E-state index is 0.0201. The molecule has 3 rings (SSSR count). The predicted molar refractivity (Wildman–Crippen MR) is 133 cm³/mol. The van der Waals surface area contributed by atoms with Crippen molar-refractivity contribution in [2.75, 3.05) is 22.9 Å². The number of hydrogen-bond donors (Lipinski definition) is 3. The van der Waals surface area contributed by atoms with E-state index in [1.54, 1.807) is 31.2 Å². The largest absolute Gasteiger partial charge is 0.489 e. The van der Waals surface area contributed by atoms with Crippen LogP contribution in [0.25, 0.3) is 0 Å². The quantitative estimate of drug-likeness (QED) is 0.375. The van der Waals surface area contributed by atoms with Gasteiger partial charge in [0, 0.05) is 0 Å². The van der Waals surface area contributed by atoms with Gasteiger partial charge in [-0.3, -0.25) is 0 Å². The lowest BCUT2D eigenvalue weighted by Gasteiger charge is -2.17. The van der Waals surface area contributed by atoms with Gasteiger partial charge in [-0.1, -0.05) is 36.7 Å². The SMILES string of the molecule is CCS(=O)(=O)c1ccccc1Nc1nc(Nc2cc(CCN)ccc2OC(C)C)ncc1Cl. The summed E-state index contributed by atoms with van der Waals surface area (Å²) in [6, 6.07) is 12.4. The highest BCUT2D eigenvalue weighted by molar-refractivity contribution is 7.91. The highest BCUT2D eigenvalue weighted by atomic mass is 35.5. The second kappa shape index (κ2) is 10.8. The molecule has 0 radical (unpaired) electrons. The average Bonchev–Trinajstić information content (AvgIpc) is 2.78. The van der Waals surface area contributed by atoms with Crippen LogP contribution in [0.4, 0.5) is 23.1 Å². The number of nitrogens with zero attached hydrogens (tertiary/aromatic N) is 2. The zero-order valence-corrected chi connectivity index (χ0v) is 20.4. The van der Waals surface area contributed by atoms with Gasteiger partial charge in [-0.25, -0.2) is 13.4 Å². The van der Waals surface area contributed by atoms with Gasteiger partial charge in [0.1, 0.15) is 10.8 Å². The van der Waals surface area contributed by atoms with Crippen LogP contribution in [0.5, 0.6) is 5.75 Å². The molecule has 0 fully saturated rings. The van der Waals surface area contributed by atoms with Crippen LogP contribution < -0.4 is 21.1 Å². The molecule has 176 valence electrons. The maximum absolute atomic E-state index is 12.5. The number of ether oxygens (including phenoxy) is 1. The normalized spacial score (nSPS) is 11.5. The molecule has 0 spiro atoms. The molecule has 1 heterocycles. The van der Waals surface area contributed by atoms with Crippen LogP contribution in [-0.2, 0) is 16.3 Å². The first-order chi connectivity index (χ1) is 15.7. The summed E-state index contributed by atoms with van der Waals surface area (Å²) in [6.45, 7) is 6.01. The molecule has 3 aromatic rings.